The van der Waals surface area contributed by atoms with Gasteiger partial charge in [-0.15, -0.1) is 0 Å². The number of nitrogens with two attached hydrogens (primary N) is 1. The smallest absolute Gasteiger partial charge is 0.0312 e. The van der Waals surface area contributed by atoms with Crippen LogP contribution < -0.4 is 5.73 Å². The molecule has 0 radical (unpaired) electrons. The molecule has 2 N–H and O–H groups in total. The van der Waals surface area contributed by atoms with Crippen LogP contribution in [0.3, 0.4) is 0 Å². The summed E-state index contributed by atoms with van der Waals surface area (Å²) in [7, 11) is 0. The average molecular weight is 246 g/mol. The zero-order chi connectivity index (χ0) is 12.5. The maximum atomic E-state index is 6.20. The molecule has 1 aromatic heterocycles. The molecule has 0 spiro atoms. The van der Waals surface area contributed by atoms with Gasteiger partial charge in [0.15, 0.2) is 0 Å². The number of hydrogen-bond acceptors (Lipinski definition) is 1. The molecule has 100 valence electrons. The summed E-state index contributed by atoms with van der Waals surface area (Å²) in [6.07, 6.45) is 11.6. The van der Waals surface area contributed by atoms with Gasteiger partial charge in [0, 0.05) is 24.5 Å². The third kappa shape index (κ3) is 2.35. The second-order valence-corrected chi connectivity index (χ2v) is 6.51. The SMILES string of the molecule is CC1CCCC(Cn2ccc3c2CCCC3N)C1. The molecular weight excluding hydrogens is 220 g/mol. The van der Waals surface area contributed by atoms with Gasteiger partial charge in [-0.05, 0) is 55.6 Å². The van der Waals surface area contributed by atoms with Crippen molar-refractivity contribution < 1.29 is 0 Å². The Morgan fingerprint density at radius 1 is 1.28 bits per heavy atom. The van der Waals surface area contributed by atoms with Gasteiger partial charge in [-0.2, -0.15) is 0 Å². The van der Waals surface area contributed by atoms with E-state index in [1.807, 2.05) is 0 Å². The zero-order valence-corrected chi connectivity index (χ0v) is 11.6. The van der Waals surface area contributed by atoms with Crippen molar-refractivity contribution in [3.63, 3.8) is 0 Å². The Kier molecular flexibility index (Phi) is 3.47. The molecule has 0 aromatic carbocycles. The first-order chi connectivity index (χ1) is 8.74. The van der Waals surface area contributed by atoms with E-state index in [-0.39, 0.29) is 0 Å². The predicted octanol–water partition coefficient (Wildman–Crippen LogP) is 3.65. The minimum absolute atomic E-state index is 0.292. The van der Waals surface area contributed by atoms with Gasteiger partial charge in [-0.25, -0.2) is 0 Å². The summed E-state index contributed by atoms with van der Waals surface area (Å²) in [5.74, 6) is 1.82. The molecule has 2 nitrogen and oxygen atoms in total. The van der Waals surface area contributed by atoms with Crippen molar-refractivity contribution in [3.05, 3.63) is 23.5 Å². The zero-order valence-electron chi connectivity index (χ0n) is 11.6. The normalized spacial score (nSPS) is 32.2. The highest BCUT2D eigenvalue weighted by Gasteiger charge is 2.23. The van der Waals surface area contributed by atoms with Crippen molar-refractivity contribution in [2.24, 2.45) is 17.6 Å². The van der Waals surface area contributed by atoms with Crippen molar-refractivity contribution in [2.75, 3.05) is 0 Å². The van der Waals surface area contributed by atoms with E-state index in [0.717, 1.165) is 18.3 Å². The Morgan fingerprint density at radius 3 is 3.00 bits per heavy atom. The molecule has 0 amide bonds. The molecule has 3 atom stereocenters. The van der Waals surface area contributed by atoms with E-state index in [4.69, 9.17) is 5.73 Å². The van der Waals surface area contributed by atoms with E-state index in [1.165, 1.54) is 56.3 Å². The van der Waals surface area contributed by atoms with E-state index in [2.05, 4.69) is 23.8 Å². The summed E-state index contributed by atoms with van der Waals surface area (Å²) in [5.41, 5.74) is 9.16. The maximum Gasteiger partial charge on any atom is 0.0312 e. The van der Waals surface area contributed by atoms with Crippen molar-refractivity contribution in [1.29, 1.82) is 0 Å². The first kappa shape index (κ1) is 12.3. The Labute approximate surface area is 111 Å². The Hall–Kier alpha value is -0.760. The second kappa shape index (κ2) is 5.08. The highest BCUT2D eigenvalue weighted by Crippen LogP contribution is 2.33. The van der Waals surface area contributed by atoms with Gasteiger partial charge in [-0.1, -0.05) is 19.8 Å². The molecule has 2 aliphatic rings. The molecule has 0 bridgehead atoms. The summed E-state index contributed by atoms with van der Waals surface area (Å²) in [5, 5.41) is 0. The molecule has 3 unspecified atom stereocenters. The monoisotopic (exact) mass is 246 g/mol. The van der Waals surface area contributed by atoms with Gasteiger partial charge in [-0.3, -0.25) is 0 Å². The van der Waals surface area contributed by atoms with Crippen LogP contribution in [0, 0.1) is 11.8 Å². The van der Waals surface area contributed by atoms with E-state index in [0.29, 0.717) is 6.04 Å². The minimum Gasteiger partial charge on any atom is -0.351 e. The molecule has 2 heteroatoms. The van der Waals surface area contributed by atoms with Crippen LogP contribution in [0.4, 0.5) is 0 Å². The quantitative estimate of drug-likeness (QED) is 0.848. The fraction of sp³-hybridized carbons (Fsp3) is 0.750. The van der Waals surface area contributed by atoms with E-state index in [1.54, 1.807) is 0 Å². The van der Waals surface area contributed by atoms with Crippen LogP contribution in [0.25, 0.3) is 0 Å². The van der Waals surface area contributed by atoms with Crippen LogP contribution >= 0.6 is 0 Å². The first-order valence-electron chi connectivity index (χ1n) is 7.67. The first-order valence-corrected chi connectivity index (χ1v) is 7.67. The number of rotatable bonds is 2. The molecule has 1 aromatic rings. The molecule has 0 saturated heterocycles. The van der Waals surface area contributed by atoms with E-state index in [9.17, 15) is 0 Å². The van der Waals surface area contributed by atoms with Crippen molar-refractivity contribution in [2.45, 2.75) is 64.5 Å². The van der Waals surface area contributed by atoms with Gasteiger partial charge in [0.05, 0.1) is 0 Å². The third-order valence-corrected chi connectivity index (χ3v) is 4.94. The number of nitrogens with zero attached hydrogens (tertiary/aromatic N) is 1. The molecule has 1 saturated carbocycles. The van der Waals surface area contributed by atoms with Crippen LogP contribution in [-0.4, -0.2) is 4.57 Å². The molecule has 18 heavy (non-hydrogen) atoms. The van der Waals surface area contributed by atoms with Gasteiger partial charge >= 0.3 is 0 Å². The average Bonchev–Trinajstić information content (AvgIpc) is 2.74. The summed E-state index contributed by atoms with van der Waals surface area (Å²) in [6.45, 7) is 3.64. The standard InChI is InChI=1S/C16H26N2/c1-12-4-2-5-13(10-12)11-18-9-8-14-15(17)6-3-7-16(14)18/h8-9,12-13,15H,2-7,10-11,17H2,1H3. The van der Waals surface area contributed by atoms with Crippen LogP contribution in [-0.2, 0) is 13.0 Å². The van der Waals surface area contributed by atoms with E-state index >= 15 is 0 Å². The topological polar surface area (TPSA) is 30.9 Å². The summed E-state index contributed by atoms with van der Waals surface area (Å²) >= 11 is 0. The highest BCUT2D eigenvalue weighted by atomic mass is 15.0. The van der Waals surface area contributed by atoms with Gasteiger partial charge in [0.1, 0.15) is 0 Å². The number of fused-ring (bicyclic) bond motifs is 1. The highest BCUT2D eigenvalue weighted by molar-refractivity contribution is 5.28. The fourth-order valence-electron chi connectivity index (χ4n) is 3.97. The molecular formula is C16H26N2. The fourth-order valence-corrected chi connectivity index (χ4v) is 3.97. The summed E-state index contributed by atoms with van der Waals surface area (Å²) < 4.78 is 2.51. The molecule has 3 rings (SSSR count). The van der Waals surface area contributed by atoms with Crippen LogP contribution in [0.2, 0.25) is 0 Å². The van der Waals surface area contributed by atoms with Gasteiger partial charge < -0.3 is 10.3 Å². The summed E-state index contributed by atoms with van der Waals surface area (Å²) in [6, 6.07) is 2.56. The van der Waals surface area contributed by atoms with Gasteiger partial charge in [0.2, 0.25) is 0 Å². The predicted molar refractivity (Wildman–Crippen MR) is 75.4 cm³/mol. The lowest BCUT2D eigenvalue weighted by Crippen LogP contribution is -2.22. The van der Waals surface area contributed by atoms with E-state index < -0.39 is 0 Å². The van der Waals surface area contributed by atoms with Crippen molar-refractivity contribution in [3.8, 4) is 0 Å². The van der Waals surface area contributed by atoms with Gasteiger partial charge in [0.25, 0.3) is 0 Å². The Balaban J connectivity index is 1.73. The van der Waals surface area contributed by atoms with Crippen molar-refractivity contribution in [1.82, 2.24) is 4.57 Å². The lowest BCUT2D eigenvalue weighted by Gasteiger charge is -2.28. The molecule has 1 heterocycles. The lowest BCUT2D eigenvalue weighted by molar-refractivity contribution is 0.254. The minimum atomic E-state index is 0.292. The molecule has 1 fully saturated rings. The Bertz CT molecular complexity index is 407. The number of aromatic nitrogens is 1. The maximum absolute atomic E-state index is 6.20. The molecule has 2 aliphatic carbocycles. The lowest BCUT2D eigenvalue weighted by atomic mass is 9.82. The van der Waals surface area contributed by atoms with Crippen LogP contribution in [0.15, 0.2) is 12.3 Å². The van der Waals surface area contributed by atoms with Crippen LogP contribution in [0.5, 0.6) is 0 Å². The third-order valence-electron chi connectivity index (χ3n) is 4.94. The Morgan fingerprint density at radius 2 is 2.17 bits per heavy atom. The van der Waals surface area contributed by atoms with Crippen molar-refractivity contribution >= 4 is 0 Å². The molecule has 0 aliphatic heterocycles. The second-order valence-electron chi connectivity index (χ2n) is 6.51. The number of hydrogen-bond donors (Lipinski definition) is 1. The van der Waals surface area contributed by atoms with Crippen LogP contribution in [0.1, 0.15) is 62.7 Å². The largest absolute Gasteiger partial charge is 0.351 e. The summed E-state index contributed by atoms with van der Waals surface area (Å²) in [4.78, 5) is 0.